The van der Waals surface area contributed by atoms with E-state index in [4.69, 9.17) is 4.74 Å². The second kappa shape index (κ2) is 13.0. The normalized spacial score (nSPS) is 11.8. The van der Waals surface area contributed by atoms with Gasteiger partial charge in [-0.1, -0.05) is 74.9 Å². The van der Waals surface area contributed by atoms with Crippen molar-refractivity contribution in [3.05, 3.63) is 71.8 Å². The Kier molecular flexibility index (Phi) is 10.4. The van der Waals surface area contributed by atoms with Gasteiger partial charge in [0.05, 0.1) is 6.61 Å². The van der Waals surface area contributed by atoms with E-state index in [9.17, 15) is 9.90 Å². The molecule has 0 radical (unpaired) electrons. The van der Waals surface area contributed by atoms with Gasteiger partial charge in [-0.25, -0.2) is 4.79 Å². The minimum Gasteiger partial charge on any atom is -0.462 e. The quantitative estimate of drug-likeness (QED) is 0.246. The maximum Gasteiger partial charge on any atom is 0.333 e. The highest BCUT2D eigenvalue weighted by Crippen LogP contribution is 2.23. The molecular weight excluding hydrogens is 372 g/mol. The molecule has 0 saturated carbocycles. The van der Waals surface area contributed by atoms with Gasteiger partial charge in [-0.15, -0.1) is 0 Å². The van der Waals surface area contributed by atoms with Crippen molar-refractivity contribution in [3.8, 4) is 11.1 Å². The molecule has 1 N–H and O–H groups in total. The molecule has 0 aliphatic carbocycles. The third-order valence-corrected chi connectivity index (χ3v) is 5.48. The van der Waals surface area contributed by atoms with Gasteiger partial charge in [0.2, 0.25) is 0 Å². The molecular formula is C27H36O3. The second-order valence-corrected chi connectivity index (χ2v) is 8.14. The fourth-order valence-corrected chi connectivity index (χ4v) is 3.58. The summed E-state index contributed by atoms with van der Waals surface area (Å²) in [7, 11) is 0. The van der Waals surface area contributed by atoms with Crippen molar-refractivity contribution in [2.75, 3.05) is 13.2 Å². The lowest BCUT2D eigenvalue weighted by Crippen LogP contribution is -2.13. The molecule has 3 nitrogen and oxygen atoms in total. The van der Waals surface area contributed by atoms with Crippen LogP contribution in [0.1, 0.15) is 57.1 Å². The number of aryl methyl sites for hydroxylation is 1. The van der Waals surface area contributed by atoms with E-state index in [1.165, 1.54) is 41.5 Å². The first kappa shape index (κ1) is 23.9. The minimum atomic E-state index is -0.349. The molecule has 30 heavy (non-hydrogen) atoms. The van der Waals surface area contributed by atoms with Crippen LogP contribution in [0.5, 0.6) is 0 Å². The van der Waals surface area contributed by atoms with Crippen molar-refractivity contribution in [3.63, 3.8) is 0 Å². The maximum absolute atomic E-state index is 11.5. The summed E-state index contributed by atoms with van der Waals surface area (Å²) >= 11 is 0. The maximum atomic E-state index is 11.5. The SMILES string of the molecule is C=C(C)C(=O)OCCC(CCO)Cc1ccc(-c2ccc(CCCCC)cc2)cc1. The molecule has 0 spiro atoms. The summed E-state index contributed by atoms with van der Waals surface area (Å²) in [6, 6.07) is 17.5. The fraction of sp³-hybridized carbons (Fsp3) is 0.444. The van der Waals surface area contributed by atoms with Crippen LogP contribution < -0.4 is 0 Å². The number of aliphatic hydroxyl groups is 1. The van der Waals surface area contributed by atoms with Gasteiger partial charge in [-0.3, -0.25) is 0 Å². The van der Waals surface area contributed by atoms with Gasteiger partial charge in [-0.05, 0) is 67.2 Å². The van der Waals surface area contributed by atoms with Crippen molar-refractivity contribution in [1.29, 1.82) is 0 Å². The van der Waals surface area contributed by atoms with E-state index in [1.54, 1.807) is 6.92 Å². The van der Waals surface area contributed by atoms with Gasteiger partial charge in [0, 0.05) is 12.2 Å². The molecule has 162 valence electrons. The summed E-state index contributed by atoms with van der Waals surface area (Å²) in [5, 5.41) is 9.37. The Morgan fingerprint density at radius 1 is 0.967 bits per heavy atom. The highest BCUT2D eigenvalue weighted by molar-refractivity contribution is 5.86. The molecule has 0 fully saturated rings. The number of carbonyl (C=O) groups is 1. The van der Waals surface area contributed by atoms with E-state index in [2.05, 4.69) is 62.0 Å². The van der Waals surface area contributed by atoms with E-state index in [0.29, 0.717) is 18.6 Å². The molecule has 0 aliphatic rings. The van der Waals surface area contributed by atoms with Gasteiger partial charge in [-0.2, -0.15) is 0 Å². The number of aliphatic hydroxyl groups excluding tert-OH is 1. The van der Waals surface area contributed by atoms with Crippen LogP contribution in [0.4, 0.5) is 0 Å². The Balaban J connectivity index is 1.91. The van der Waals surface area contributed by atoms with Crippen molar-refractivity contribution in [1.82, 2.24) is 0 Å². The van der Waals surface area contributed by atoms with Gasteiger partial charge in [0.15, 0.2) is 0 Å². The van der Waals surface area contributed by atoms with Crippen LogP contribution >= 0.6 is 0 Å². The summed E-state index contributed by atoms with van der Waals surface area (Å²) in [6.07, 6.45) is 7.25. The molecule has 0 bridgehead atoms. The first-order valence-corrected chi connectivity index (χ1v) is 11.1. The van der Waals surface area contributed by atoms with Gasteiger partial charge >= 0.3 is 5.97 Å². The van der Waals surface area contributed by atoms with Gasteiger partial charge < -0.3 is 9.84 Å². The highest BCUT2D eigenvalue weighted by Gasteiger charge is 2.12. The smallest absolute Gasteiger partial charge is 0.333 e. The molecule has 0 aliphatic heterocycles. The third-order valence-electron chi connectivity index (χ3n) is 5.48. The van der Waals surface area contributed by atoms with Crippen LogP contribution in [0.25, 0.3) is 11.1 Å². The van der Waals surface area contributed by atoms with Crippen LogP contribution in [0.15, 0.2) is 60.7 Å². The number of hydrogen-bond donors (Lipinski definition) is 1. The molecule has 1 unspecified atom stereocenters. The predicted molar refractivity (Wildman–Crippen MR) is 124 cm³/mol. The van der Waals surface area contributed by atoms with E-state index in [1.807, 2.05) is 0 Å². The van der Waals surface area contributed by atoms with Crippen molar-refractivity contribution in [2.45, 2.75) is 58.8 Å². The van der Waals surface area contributed by atoms with E-state index >= 15 is 0 Å². The number of esters is 1. The predicted octanol–water partition coefficient (Wildman–Crippen LogP) is 6.14. The zero-order valence-corrected chi connectivity index (χ0v) is 18.5. The number of benzene rings is 2. The lowest BCUT2D eigenvalue weighted by atomic mass is 9.92. The molecule has 0 aromatic heterocycles. The average molecular weight is 409 g/mol. The third kappa shape index (κ3) is 8.16. The van der Waals surface area contributed by atoms with E-state index in [0.717, 1.165) is 19.3 Å². The Labute approximate surface area is 181 Å². The Hall–Kier alpha value is -2.39. The highest BCUT2D eigenvalue weighted by atomic mass is 16.5. The molecule has 3 heteroatoms. The van der Waals surface area contributed by atoms with Crippen LogP contribution in [0.3, 0.4) is 0 Å². The zero-order valence-electron chi connectivity index (χ0n) is 18.5. The largest absolute Gasteiger partial charge is 0.462 e. The molecule has 2 aromatic carbocycles. The lowest BCUT2D eigenvalue weighted by Gasteiger charge is -2.16. The molecule has 0 amide bonds. The monoisotopic (exact) mass is 408 g/mol. The fourth-order valence-electron chi connectivity index (χ4n) is 3.58. The summed E-state index contributed by atoms with van der Waals surface area (Å²) in [6.45, 7) is 7.98. The molecule has 0 heterocycles. The summed E-state index contributed by atoms with van der Waals surface area (Å²) in [4.78, 5) is 11.5. The molecule has 1 atom stereocenters. The Bertz CT molecular complexity index is 775. The molecule has 2 aromatic rings. The number of unbranched alkanes of at least 4 members (excludes halogenated alkanes) is 2. The lowest BCUT2D eigenvalue weighted by molar-refractivity contribution is -0.139. The van der Waals surface area contributed by atoms with E-state index in [-0.39, 0.29) is 18.5 Å². The number of ether oxygens (including phenoxy) is 1. The van der Waals surface area contributed by atoms with Gasteiger partial charge in [0.25, 0.3) is 0 Å². The van der Waals surface area contributed by atoms with Crippen molar-refractivity contribution >= 4 is 5.97 Å². The topological polar surface area (TPSA) is 46.5 Å². The van der Waals surface area contributed by atoms with Crippen LogP contribution in [-0.2, 0) is 22.4 Å². The van der Waals surface area contributed by atoms with Crippen molar-refractivity contribution < 1.29 is 14.6 Å². The average Bonchev–Trinajstić information content (AvgIpc) is 2.75. The second-order valence-electron chi connectivity index (χ2n) is 8.14. The van der Waals surface area contributed by atoms with Crippen molar-refractivity contribution in [2.24, 2.45) is 5.92 Å². The number of carbonyl (C=O) groups excluding carboxylic acids is 1. The first-order chi connectivity index (χ1) is 14.5. The first-order valence-electron chi connectivity index (χ1n) is 11.1. The minimum absolute atomic E-state index is 0.141. The summed E-state index contributed by atoms with van der Waals surface area (Å²) < 4.78 is 5.22. The standard InChI is InChI=1S/C27H36O3/c1-4-5-6-7-22-8-12-25(13-9-22)26-14-10-23(11-15-26)20-24(16-18-28)17-19-30-27(29)21(2)3/h8-15,24,28H,2,4-7,16-20H2,1,3H3. The van der Waals surface area contributed by atoms with E-state index < -0.39 is 0 Å². The van der Waals surface area contributed by atoms with Gasteiger partial charge in [0.1, 0.15) is 0 Å². The summed E-state index contributed by atoms with van der Waals surface area (Å²) in [5.74, 6) is -0.0698. The van der Waals surface area contributed by atoms with Crippen LogP contribution in [0.2, 0.25) is 0 Å². The summed E-state index contributed by atoms with van der Waals surface area (Å²) in [5.41, 5.74) is 5.51. The molecule has 2 rings (SSSR count). The Morgan fingerprint density at radius 3 is 2.10 bits per heavy atom. The van der Waals surface area contributed by atoms with Crippen LogP contribution in [0, 0.1) is 5.92 Å². The number of hydrogen-bond acceptors (Lipinski definition) is 3. The molecule has 0 saturated heterocycles. The van der Waals surface area contributed by atoms with Crippen LogP contribution in [-0.4, -0.2) is 24.3 Å². The zero-order chi connectivity index (χ0) is 21.8. The Morgan fingerprint density at radius 2 is 1.57 bits per heavy atom. The number of rotatable bonds is 13.